The Morgan fingerprint density at radius 1 is 1.38 bits per heavy atom. The van der Waals surface area contributed by atoms with E-state index in [1.54, 1.807) is 25.3 Å². The molecule has 0 aromatic heterocycles. The molecule has 1 N–H and O–H groups in total. The Morgan fingerprint density at radius 2 is 2.00 bits per heavy atom. The third-order valence-electron chi connectivity index (χ3n) is 2.92. The van der Waals surface area contributed by atoms with Crippen LogP contribution in [0.2, 0.25) is 10.0 Å². The largest absolute Gasteiger partial charge is 0.393 e. The van der Waals surface area contributed by atoms with E-state index in [0.717, 1.165) is 5.56 Å². The Bertz CT molecular complexity index is 360. The monoisotopic (exact) mass is 262 g/mol. The third kappa shape index (κ3) is 2.35. The van der Waals surface area contributed by atoms with E-state index in [0.29, 0.717) is 10.0 Å². The van der Waals surface area contributed by atoms with Crippen LogP contribution in [0.3, 0.4) is 0 Å². The number of halogens is 2. The molecule has 16 heavy (non-hydrogen) atoms. The van der Waals surface area contributed by atoms with Gasteiger partial charge in [-0.2, -0.15) is 0 Å². The number of benzene rings is 1. The molecule has 0 saturated carbocycles. The first-order valence-corrected chi connectivity index (χ1v) is 5.85. The highest BCUT2D eigenvalue weighted by Gasteiger charge is 2.36. The van der Waals surface area contributed by atoms with Crippen LogP contribution in [0.25, 0.3) is 0 Å². The molecule has 0 aliphatic heterocycles. The fraction of sp³-hybridized carbons (Fsp3) is 0.500. The van der Waals surface area contributed by atoms with Gasteiger partial charge < -0.3 is 9.84 Å². The SMILES string of the molecule is COC(CO)(c1ccc(Cl)cc1Cl)C(C)C. The molecule has 2 nitrogen and oxygen atoms in total. The lowest BCUT2D eigenvalue weighted by Gasteiger charge is -2.35. The first-order valence-electron chi connectivity index (χ1n) is 5.09. The van der Waals surface area contributed by atoms with Crippen molar-refractivity contribution in [3.05, 3.63) is 33.8 Å². The smallest absolute Gasteiger partial charge is 0.119 e. The zero-order valence-electron chi connectivity index (χ0n) is 9.63. The molecule has 0 aliphatic rings. The third-order valence-corrected chi connectivity index (χ3v) is 3.47. The van der Waals surface area contributed by atoms with Gasteiger partial charge in [-0.25, -0.2) is 0 Å². The second kappa shape index (κ2) is 5.37. The molecule has 1 atom stereocenters. The van der Waals surface area contributed by atoms with Crippen molar-refractivity contribution < 1.29 is 9.84 Å². The van der Waals surface area contributed by atoms with E-state index in [-0.39, 0.29) is 12.5 Å². The van der Waals surface area contributed by atoms with E-state index in [9.17, 15) is 5.11 Å². The fourth-order valence-corrected chi connectivity index (χ4v) is 2.39. The molecule has 0 spiro atoms. The predicted molar refractivity (Wildman–Crippen MR) is 67.1 cm³/mol. The number of aliphatic hydroxyl groups is 1. The van der Waals surface area contributed by atoms with Crippen LogP contribution in [-0.2, 0) is 10.3 Å². The number of hydrogen-bond acceptors (Lipinski definition) is 2. The molecule has 0 radical (unpaired) electrons. The van der Waals surface area contributed by atoms with Crippen molar-refractivity contribution in [1.82, 2.24) is 0 Å². The van der Waals surface area contributed by atoms with Crippen molar-refractivity contribution in [2.24, 2.45) is 5.92 Å². The van der Waals surface area contributed by atoms with Gasteiger partial charge in [-0.3, -0.25) is 0 Å². The molecule has 1 aromatic carbocycles. The molecule has 0 fully saturated rings. The van der Waals surface area contributed by atoms with Crippen LogP contribution < -0.4 is 0 Å². The summed E-state index contributed by atoms with van der Waals surface area (Å²) in [5.41, 5.74) is -0.0136. The summed E-state index contributed by atoms with van der Waals surface area (Å²) in [5, 5.41) is 10.7. The molecule has 1 unspecified atom stereocenters. The maximum Gasteiger partial charge on any atom is 0.119 e. The minimum atomic E-state index is -0.776. The summed E-state index contributed by atoms with van der Waals surface area (Å²) in [6, 6.07) is 5.20. The summed E-state index contributed by atoms with van der Waals surface area (Å²) < 4.78 is 5.48. The topological polar surface area (TPSA) is 29.5 Å². The molecule has 0 heterocycles. The quantitative estimate of drug-likeness (QED) is 0.901. The van der Waals surface area contributed by atoms with Crippen molar-refractivity contribution in [3.8, 4) is 0 Å². The van der Waals surface area contributed by atoms with Gasteiger partial charge in [0.1, 0.15) is 5.60 Å². The number of rotatable bonds is 4. The van der Waals surface area contributed by atoms with Crippen LogP contribution in [0.15, 0.2) is 18.2 Å². The maximum atomic E-state index is 9.58. The first kappa shape index (κ1) is 13.8. The Labute approximate surface area is 106 Å². The van der Waals surface area contributed by atoms with Crippen LogP contribution in [0.1, 0.15) is 19.4 Å². The van der Waals surface area contributed by atoms with E-state index in [4.69, 9.17) is 27.9 Å². The standard InChI is InChI=1S/C12H16Cl2O2/c1-8(2)12(7-15,16-3)10-5-4-9(13)6-11(10)14/h4-6,8,15H,7H2,1-3H3. The molecule has 0 saturated heterocycles. The van der Waals surface area contributed by atoms with Gasteiger partial charge in [-0.05, 0) is 18.1 Å². The number of ether oxygens (including phenoxy) is 1. The Hall–Kier alpha value is -0.280. The minimum absolute atomic E-state index is 0.0983. The summed E-state index contributed by atoms with van der Waals surface area (Å²) in [4.78, 5) is 0. The van der Waals surface area contributed by atoms with Gasteiger partial charge in [0.2, 0.25) is 0 Å². The molecule has 0 bridgehead atoms. The zero-order chi connectivity index (χ0) is 12.3. The fourth-order valence-electron chi connectivity index (χ4n) is 1.82. The van der Waals surface area contributed by atoms with Crippen LogP contribution in [0.5, 0.6) is 0 Å². The highest BCUT2D eigenvalue weighted by Crippen LogP contribution is 2.38. The van der Waals surface area contributed by atoms with Crippen molar-refractivity contribution in [1.29, 1.82) is 0 Å². The molecule has 0 amide bonds. The lowest BCUT2D eigenvalue weighted by molar-refractivity contribution is -0.0903. The summed E-state index contributed by atoms with van der Waals surface area (Å²) in [6.45, 7) is 3.83. The number of hydrogen-bond donors (Lipinski definition) is 1. The van der Waals surface area contributed by atoms with E-state index in [1.807, 2.05) is 13.8 Å². The van der Waals surface area contributed by atoms with Gasteiger partial charge in [0.25, 0.3) is 0 Å². The molecule has 90 valence electrons. The van der Waals surface area contributed by atoms with Gasteiger partial charge in [-0.15, -0.1) is 0 Å². The maximum absolute atomic E-state index is 9.58. The Kier molecular flexibility index (Phi) is 4.62. The summed E-state index contributed by atoms with van der Waals surface area (Å²) in [6.07, 6.45) is 0. The van der Waals surface area contributed by atoms with Crippen molar-refractivity contribution >= 4 is 23.2 Å². The van der Waals surface area contributed by atoms with E-state index in [1.165, 1.54) is 0 Å². The summed E-state index contributed by atoms with van der Waals surface area (Å²) >= 11 is 12.0. The number of aliphatic hydroxyl groups excluding tert-OH is 1. The first-order chi connectivity index (χ1) is 7.47. The lowest BCUT2D eigenvalue weighted by atomic mass is 9.84. The van der Waals surface area contributed by atoms with Gasteiger partial charge >= 0.3 is 0 Å². The second-order valence-corrected chi connectivity index (χ2v) is 4.87. The Balaban J connectivity index is 3.31. The molecule has 0 aliphatic carbocycles. The average Bonchev–Trinajstić information content (AvgIpc) is 2.22. The highest BCUT2D eigenvalue weighted by molar-refractivity contribution is 6.35. The van der Waals surface area contributed by atoms with Crippen LogP contribution >= 0.6 is 23.2 Å². The van der Waals surface area contributed by atoms with Gasteiger partial charge in [0.05, 0.1) is 6.61 Å². The van der Waals surface area contributed by atoms with E-state index < -0.39 is 5.60 Å². The van der Waals surface area contributed by atoms with Gasteiger partial charge in [-0.1, -0.05) is 43.1 Å². The van der Waals surface area contributed by atoms with E-state index >= 15 is 0 Å². The molecule has 1 aromatic rings. The van der Waals surface area contributed by atoms with Crippen molar-refractivity contribution in [2.75, 3.05) is 13.7 Å². The lowest BCUT2D eigenvalue weighted by Crippen LogP contribution is -2.38. The minimum Gasteiger partial charge on any atom is -0.393 e. The molecular weight excluding hydrogens is 247 g/mol. The van der Waals surface area contributed by atoms with Crippen molar-refractivity contribution in [3.63, 3.8) is 0 Å². The summed E-state index contributed by atoms with van der Waals surface area (Å²) in [5.74, 6) is 0.0983. The van der Waals surface area contributed by atoms with Crippen LogP contribution in [-0.4, -0.2) is 18.8 Å². The van der Waals surface area contributed by atoms with Crippen LogP contribution in [0, 0.1) is 5.92 Å². The summed E-state index contributed by atoms with van der Waals surface area (Å²) in [7, 11) is 1.57. The van der Waals surface area contributed by atoms with Crippen LogP contribution in [0.4, 0.5) is 0 Å². The van der Waals surface area contributed by atoms with E-state index in [2.05, 4.69) is 0 Å². The zero-order valence-corrected chi connectivity index (χ0v) is 11.1. The van der Waals surface area contributed by atoms with Gasteiger partial charge in [0.15, 0.2) is 0 Å². The normalized spacial score (nSPS) is 15.2. The second-order valence-electron chi connectivity index (χ2n) is 4.03. The number of methoxy groups -OCH3 is 1. The van der Waals surface area contributed by atoms with Gasteiger partial charge in [0, 0.05) is 22.7 Å². The highest BCUT2D eigenvalue weighted by atomic mass is 35.5. The molecule has 4 heteroatoms. The molecule has 1 rings (SSSR count). The molecular formula is C12H16Cl2O2. The predicted octanol–water partition coefficient (Wildman–Crippen LogP) is 3.48. The Morgan fingerprint density at radius 3 is 2.38 bits per heavy atom. The van der Waals surface area contributed by atoms with Crippen molar-refractivity contribution in [2.45, 2.75) is 19.4 Å². The average molecular weight is 263 g/mol.